The molecule has 158 valence electrons. The Balaban J connectivity index is 1.23. The summed E-state index contributed by atoms with van der Waals surface area (Å²) < 4.78 is 8.34. The van der Waals surface area contributed by atoms with Gasteiger partial charge in [0.2, 0.25) is 11.9 Å². The molecule has 10 heteroatoms. The predicted molar refractivity (Wildman–Crippen MR) is 124 cm³/mol. The molecule has 1 amide bonds. The van der Waals surface area contributed by atoms with Crippen LogP contribution < -0.4 is 15.0 Å². The maximum atomic E-state index is 12.5. The number of rotatable bonds is 6. The van der Waals surface area contributed by atoms with Gasteiger partial charge in [-0.2, -0.15) is 0 Å². The first-order valence-electron chi connectivity index (χ1n) is 9.75. The molecule has 0 saturated heterocycles. The van der Waals surface area contributed by atoms with Gasteiger partial charge in [-0.1, -0.05) is 29.2 Å². The highest BCUT2D eigenvalue weighted by Crippen LogP contribution is 2.33. The molecule has 0 fully saturated rings. The van der Waals surface area contributed by atoms with E-state index in [-0.39, 0.29) is 11.7 Å². The van der Waals surface area contributed by atoms with Gasteiger partial charge in [0.1, 0.15) is 5.75 Å². The Morgan fingerprint density at radius 3 is 2.84 bits per heavy atom. The second-order valence-corrected chi connectivity index (χ2v) is 9.08. The number of fused-ring (bicyclic) bond motifs is 2. The minimum atomic E-state index is -0.108. The minimum absolute atomic E-state index is 0.108. The van der Waals surface area contributed by atoms with Crippen LogP contribution in [-0.2, 0) is 11.3 Å². The molecule has 0 aliphatic carbocycles. The third kappa shape index (κ3) is 3.96. The van der Waals surface area contributed by atoms with E-state index in [1.165, 1.54) is 28.7 Å². The molecule has 0 bridgehead atoms. The first kappa shape index (κ1) is 19.8. The number of nitrogens with one attached hydrogen (secondary N) is 1. The van der Waals surface area contributed by atoms with E-state index in [0.717, 1.165) is 45.8 Å². The number of anilines is 3. The second-order valence-electron chi connectivity index (χ2n) is 7.11. The van der Waals surface area contributed by atoms with Crippen molar-refractivity contribution in [2.75, 3.05) is 29.6 Å². The Bertz CT molecular complexity index is 1250. The number of benzene rings is 2. The Morgan fingerprint density at radius 2 is 2.03 bits per heavy atom. The number of thiazole rings is 1. The minimum Gasteiger partial charge on any atom is -0.497 e. The molecule has 2 aromatic heterocycles. The molecule has 2 aromatic carbocycles. The van der Waals surface area contributed by atoms with Gasteiger partial charge in [0.25, 0.3) is 0 Å². The molecule has 0 atom stereocenters. The van der Waals surface area contributed by atoms with Gasteiger partial charge >= 0.3 is 0 Å². The van der Waals surface area contributed by atoms with E-state index >= 15 is 0 Å². The maximum Gasteiger partial charge on any atom is 0.236 e. The summed E-state index contributed by atoms with van der Waals surface area (Å²) in [4.78, 5) is 19.0. The van der Waals surface area contributed by atoms with Crippen molar-refractivity contribution >= 4 is 56.0 Å². The van der Waals surface area contributed by atoms with E-state index in [0.29, 0.717) is 5.13 Å². The SMILES string of the molecule is COc1ccc(N2CCn3c(SCC(=O)Nc4nc5ccc(C)cc5s4)nnc32)cc1. The van der Waals surface area contributed by atoms with Crippen molar-refractivity contribution in [1.82, 2.24) is 19.7 Å². The fourth-order valence-electron chi connectivity index (χ4n) is 3.46. The number of nitrogens with zero attached hydrogens (tertiary/aromatic N) is 5. The number of amides is 1. The maximum absolute atomic E-state index is 12.5. The predicted octanol–water partition coefficient (Wildman–Crippen LogP) is 4.09. The first-order valence-corrected chi connectivity index (χ1v) is 11.6. The zero-order chi connectivity index (χ0) is 21.4. The lowest BCUT2D eigenvalue weighted by Gasteiger charge is -2.15. The highest BCUT2D eigenvalue weighted by atomic mass is 32.2. The number of hydrogen-bond acceptors (Lipinski definition) is 8. The summed E-state index contributed by atoms with van der Waals surface area (Å²) in [6.07, 6.45) is 0. The van der Waals surface area contributed by atoms with Gasteiger partial charge in [-0.05, 0) is 48.9 Å². The molecule has 1 aliphatic rings. The summed E-state index contributed by atoms with van der Waals surface area (Å²) in [6, 6.07) is 13.9. The van der Waals surface area contributed by atoms with Crippen molar-refractivity contribution in [2.45, 2.75) is 18.6 Å². The summed E-state index contributed by atoms with van der Waals surface area (Å²) in [5.41, 5.74) is 3.11. The number of carbonyl (C=O) groups is 1. The van der Waals surface area contributed by atoms with Gasteiger partial charge in [-0.3, -0.25) is 9.36 Å². The zero-order valence-corrected chi connectivity index (χ0v) is 18.7. The number of aromatic nitrogens is 4. The lowest BCUT2D eigenvalue weighted by Crippen LogP contribution is -2.14. The fraction of sp³-hybridized carbons (Fsp3) is 0.238. The lowest BCUT2D eigenvalue weighted by atomic mass is 10.2. The van der Waals surface area contributed by atoms with Crippen LogP contribution in [0.4, 0.5) is 16.8 Å². The van der Waals surface area contributed by atoms with E-state index in [9.17, 15) is 4.79 Å². The molecule has 1 aliphatic heterocycles. The van der Waals surface area contributed by atoms with E-state index in [1.807, 2.05) is 47.9 Å². The smallest absolute Gasteiger partial charge is 0.236 e. The molecule has 5 rings (SSSR count). The summed E-state index contributed by atoms with van der Waals surface area (Å²) in [6.45, 7) is 3.62. The van der Waals surface area contributed by atoms with E-state index in [1.54, 1.807) is 7.11 Å². The van der Waals surface area contributed by atoms with Gasteiger partial charge < -0.3 is 15.0 Å². The van der Waals surface area contributed by atoms with E-state index in [4.69, 9.17) is 4.74 Å². The molecule has 0 saturated carbocycles. The van der Waals surface area contributed by atoms with Crippen molar-refractivity contribution in [3.8, 4) is 5.75 Å². The Labute approximate surface area is 187 Å². The van der Waals surface area contributed by atoms with Gasteiger partial charge in [-0.25, -0.2) is 4.98 Å². The summed E-state index contributed by atoms with van der Waals surface area (Å²) in [5.74, 6) is 1.74. The molecule has 31 heavy (non-hydrogen) atoms. The van der Waals surface area contributed by atoms with Crippen LogP contribution >= 0.6 is 23.1 Å². The summed E-state index contributed by atoms with van der Waals surface area (Å²) >= 11 is 2.86. The lowest BCUT2D eigenvalue weighted by molar-refractivity contribution is -0.113. The third-order valence-electron chi connectivity index (χ3n) is 4.99. The van der Waals surface area contributed by atoms with Gasteiger partial charge in [0.05, 0.1) is 23.1 Å². The molecular weight excluding hydrogens is 432 g/mol. The van der Waals surface area contributed by atoms with E-state index < -0.39 is 0 Å². The molecule has 4 aromatic rings. The highest BCUT2D eigenvalue weighted by molar-refractivity contribution is 7.99. The van der Waals surface area contributed by atoms with Gasteiger partial charge in [0, 0.05) is 18.8 Å². The molecule has 0 radical (unpaired) electrons. The van der Waals surface area contributed by atoms with Crippen LogP contribution in [0.25, 0.3) is 10.2 Å². The van der Waals surface area contributed by atoms with Crippen LogP contribution in [0.3, 0.4) is 0 Å². The van der Waals surface area contributed by atoms with Crippen LogP contribution in [0.2, 0.25) is 0 Å². The van der Waals surface area contributed by atoms with Crippen molar-refractivity contribution in [2.24, 2.45) is 0 Å². The molecule has 8 nitrogen and oxygen atoms in total. The monoisotopic (exact) mass is 452 g/mol. The van der Waals surface area contributed by atoms with Crippen LogP contribution in [0.1, 0.15) is 5.56 Å². The topological polar surface area (TPSA) is 85.2 Å². The molecular formula is C21H20N6O2S2. The highest BCUT2D eigenvalue weighted by Gasteiger charge is 2.26. The zero-order valence-electron chi connectivity index (χ0n) is 17.0. The Morgan fingerprint density at radius 1 is 1.19 bits per heavy atom. The number of hydrogen-bond donors (Lipinski definition) is 1. The molecule has 3 heterocycles. The normalized spacial score (nSPS) is 12.9. The largest absolute Gasteiger partial charge is 0.497 e. The number of carbonyl (C=O) groups excluding carboxylic acids is 1. The quantitative estimate of drug-likeness (QED) is 0.441. The number of ether oxygens (including phenoxy) is 1. The van der Waals surface area contributed by atoms with Crippen molar-refractivity contribution in [1.29, 1.82) is 0 Å². The Kier molecular flexibility index (Phi) is 5.24. The molecule has 0 spiro atoms. The van der Waals surface area contributed by atoms with Crippen LogP contribution in [0.5, 0.6) is 5.75 Å². The van der Waals surface area contributed by atoms with Crippen LogP contribution in [0, 0.1) is 6.92 Å². The van der Waals surface area contributed by atoms with Gasteiger partial charge in [0.15, 0.2) is 10.3 Å². The van der Waals surface area contributed by atoms with Gasteiger partial charge in [-0.15, -0.1) is 10.2 Å². The average Bonchev–Trinajstić information content (AvgIpc) is 3.47. The average molecular weight is 453 g/mol. The van der Waals surface area contributed by atoms with E-state index in [2.05, 4.69) is 31.5 Å². The third-order valence-corrected chi connectivity index (χ3v) is 6.89. The molecule has 0 unspecified atom stereocenters. The standard InChI is InChI=1S/C21H20N6O2S2/c1-13-3-8-16-17(11-13)31-19(22-16)23-18(28)12-30-21-25-24-20-26(9-10-27(20)21)14-4-6-15(29-2)7-5-14/h3-8,11H,9-10,12H2,1-2H3,(H,22,23,28). The molecule has 1 N–H and O–H groups in total. The first-order chi connectivity index (χ1) is 15.1. The van der Waals surface area contributed by atoms with Crippen molar-refractivity contribution in [3.05, 3.63) is 48.0 Å². The Hall–Kier alpha value is -3.11. The van der Waals surface area contributed by atoms with Crippen LogP contribution in [0.15, 0.2) is 47.6 Å². The van der Waals surface area contributed by atoms with Crippen LogP contribution in [-0.4, -0.2) is 45.1 Å². The summed E-state index contributed by atoms with van der Waals surface area (Å²) in [5, 5.41) is 12.9. The number of methoxy groups -OCH3 is 1. The number of aryl methyl sites for hydroxylation is 1. The number of thioether (sulfide) groups is 1. The summed E-state index contributed by atoms with van der Waals surface area (Å²) in [7, 11) is 1.65. The second kappa shape index (κ2) is 8.20. The fourth-order valence-corrected chi connectivity index (χ4v) is 5.20. The van der Waals surface area contributed by atoms with Crippen molar-refractivity contribution < 1.29 is 9.53 Å². The van der Waals surface area contributed by atoms with Crippen molar-refractivity contribution in [3.63, 3.8) is 0 Å².